The van der Waals surface area contributed by atoms with Gasteiger partial charge in [0.15, 0.2) is 0 Å². The smallest absolute Gasteiger partial charge is 0.122 e. The molecular formula is C17H26N2O. The lowest BCUT2D eigenvalue weighted by atomic mass is 9.97. The van der Waals surface area contributed by atoms with Gasteiger partial charge in [-0.15, -0.1) is 0 Å². The highest BCUT2D eigenvalue weighted by Crippen LogP contribution is 2.28. The molecule has 0 spiro atoms. The third kappa shape index (κ3) is 3.26. The average Bonchev–Trinajstić information content (AvgIpc) is 2.51. The zero-order chi connectivity index (χ0) is 13.8. The summed E-state index contributed by atoms with van der Waals surface area (Å²) in [6, 6.07) is 6.67. The normalized spacial score (nSPS) is 20.9. The molecule has 0 unspecified atom stereocenters. The monoisotopic (exact) mass is 274 g/mol. The van der Waals surface area contributed by atoms with E-state index in [9.17, 15) is 0 Å². The molecule has 3 rings (SSSR count). The molecule has 1 N–H and O–H groups in total. The van der Waals surface area contributed by atoms with Gasteiger partial charge in [0.2, 0.25) is 0 Å². The fourth-order valence-electron chi connectivity index (χ4n) is 3.25. The Balaban J connectivity index is 1.66. The summed E-state index contributed by atoms with van der Waals surface area (Å²) < 4.78 is 6.20. The summed E-state index contributed by atoms with van der Waals surface area (Å²) in [6.07, 6.45) is 6.90. The highest BCUT2D eigenvalue weighted by atomic mass is 16.5. The fraction of sp³-hybridized carbons (Fsp3) is 0.647. The van der Waals surface area contributed by atoms with Gasteiger partial charge in [-0.05, 0) is 56.4 Å². The Bertz CT molecular complexity index is 435. The van der Waals surface area contributed by atoms with Crippen LogP contribution in [0.15, 0.2) is 18.2 Å². The maximum Gasteiger partial charge on any atom is 0.122 e. The summed E-state index contributed by atoms with van der Waals surface area (Å²) in [7, 11) is 0. The standard InChI is InChI=1S/C17H26N2O/c1-14-13-15(19-11-9-18-10-12-19)7-8-17(14)20-16-5-3-2-4-6-16/h7-8,13,16,18H,2-6,9-12H2,1H3. The van der Waals surface area contributed by atoms with Crippen LogP contribution in [0, 0.1) is 6.92 Å². The summed E-state index contributed by atoms with van der Waals surface area (Å²) >= 11 is 0. The number of ether oxygens (including phenoxy) is 1. The van der Waals surface area contributed by atoms with Crippen molar-refractivity contribution in [2.45, 2.75) is 45.1 Å². The van der Waals surface area contributed by atoms with Gasteiger partial charge in [-0.3, -0.25) is 0 Å². The SMILES string of the molecule is Cc1cc(N2CCNCC2)ccc1OC1CCCCC1. The van der Waals surface area contributed by atoms with Crippen LogP contribution in [-0.4, -0.2) is 32.3 Å². The first-order valence-electron chi connectivity index (χ1n) is 8.06. The molecule has 20 heavy (non-hydrogen) atoms. The van der Waals surface area contributed by atoms with Crippen molar-refractivity contribution in [1.29, 1.82) is 0 Å². The van der Waals surface area contributed by atoms with Gasteiger partial charge in [-0.25, -0.2) is 0 Å². The van der Waals surface area contributed by atoms with Gasteiger partial charge in [-0.1, -0.05) is 6.42 Å². The molecule has 110 valence electrons. The number of rotatable bonds is 3. The van der Waals surface area contributed by atoms with E-state index < -0.39 is 0 Å². The van der Waals surface area contributed by atoms with Gasteiger partial charge < -0.3 is 15.0 Å². The summed E-state index contributed by atoms with van der Waals surface area (Å²) in [4.78, 5) is 2.45. The summed E-state index contributed by atoms with van der Waals surface area (Å²) in [5, 5.41) is 3.40. The van der Waals surface area contributed by atoms with Crippen molar-refractivity contribution in [1.82, 2.24) is 5.32 Å². The largest absolute Gasteiger partial charge is 0.490 e. The number of piperazine rings is 1. The Hall–Kier alpha value is -1.22. The first-order chi connectivity index (χ1) is 9.83. The Labute approximate surface area is 122 Å². The number of aryl methyl sites for hydroxylation is 1. The van der Waals surface area contributed by atoms with Crippen molar-refractivity contribution >= 4 is 5.69 Å². The minimum atomic E-state index is 0.437. The maximum absolute atomic E-state index is 6.20. The molecule has 1 aromatic carbocycles. The van der Waals surface area contributed by atoms with Crippen LogP contribution in [0.1, 0.15) is 37.7 Å². The highest BCUT2D eigenvalue weighted by Gasteiger charge is 2.17. The predicted octanol–water partition coefficient (Wildman–Crippen LogP) is 3.12. The van der Waals surface area contributed by atoms with Gasteiger partial charge in [-0.2, -0.15) is 0 Å². The van der Waals surface area contributed by atoms with E-state index in [4.69, 9.17) is 4.74 Å². The van der Waals surface area contributed by atoms with Gasteiger partial charge in [0.05, 0.1) is 6.10 Å². The third-order valence-corrected chi connectivity index (χ3v) is 4.49. The molecule has 1 saturated carbocycles. The van der Waals surface area contributed by atoms with Crippen LogP contribution in [0.2, 0.25) is 0 Å². The molecule has 0 bridgehead atoms. The zero-order valence-electron chi connectivity index (χ0n) is 12.5. The lowest BCUT2D eigenvalue weighted by Gasteiger charge is -2.30. The predicted molar refractivity (Wildman–Crippen MR) is 83.8 cm³/mol. The van der Waals surface area contributed by atoms with E-state index in [1.165, 1.54) is 43.4 Å². The minimum Gasteiger partial charge on any atom is -0.490 e. The fourth-order valence-corrected chi connectivity index (χ4v) is 3.25. The van der Waals surface area contributed by atoms with Gasteiger partial charge in [0.1, 0.15) is 5.75 Å². The first kappa shape index (κ1) is 13.7. The summed E-state index contributed by atoms with van der Waals surface area (Å²) in [5.74, 6) is 1.08. The van der Waals surface area contributed by atoms with Crippen LogP contribution in [0.4, 0.5) is 5.69 Å². The van der Waals surface area contributed by atoms with Crippen LogP contribution in [0.25, 0.3) is 0 Å². The van der Waals surface area contributed by atoms with Crippen molar-refractivity contribution in [2.75, 3.05) is 31.1 Å². The van der Waals surface area contributed by atoms with E-state index in [1.807, 2.05) is 0 Å². The van der Waals surface area contributed by atoms with E-state index >= 15 is 0 Å². The molecule has 1 aliphatic carbocycles. The van der Waals surface area contributed by atoms with Gasteiger partial charge >= 0.3 is 0 Å². The van der Waals surface area contributed by atoms with E-state index in [2.05, 4.69) is 35.3 Å². The minimum absolute atomic E-state index is 0.437. The van der Waals surface area contributed by atoms with E-state index in [1.54, 1.807) is 0 Å². The molecule has 3 nitrogen and oxygen atoms in total. The van der Waals surface area contributed by atoms with Crippen LogP contribution < -0.4 is 15.0 Å². The van der Waals surface area contributed by atoms with Gasteiger partial charge in [0.25, 0.3) is 0 Å². The van der Waals surface area contributed by atoms with Crippen LogP contribution in [0.5, 0.6) is 5.75 Å². The van der Waals surface area contributed by atoms with Crippen molar-refractivity contribution in [2.24, 2.45) is 0 Å². The number of nitrogens with zero attached hydrogens (tertiary/aromatic N) is 1. The number of anilines is 1. The molecule has 2 aliphatic rings. The molecule has 1 heterocycles. The highest BCUT2D eigenvalue weighted by molar-refractivity contribution is 5.53. The lowest BCUT2D eigenvalue weighted by molar-refractivity contribution is 0.154. The topological polar surface area (TPSA) is 24.5 Å². The van der Waals surface area contributed by atoms with E-state index in [0.717, 1.165) is 31.9 Å². The molecule has 0 radical (unpaired) electrons. The third-order valence-electron chi connectivity index (χ3n) is 4.49. The number of hydrogen-bond donors (Lipinski definition) is 1. The molecule has 0 atom stereocenters. The van der Waals surface area contributed by atoms with Crippen molar-refractivity contribution < 1.29 is 4.74 Å². The Morgan fingerprint density at radius 2 is 1.85 bits per heavy atom. The molecule has 3 heteroatoms. The van der Waals surface area contributed by atoms with Crippen molar-refractivity contribution in [3.8, 4) is 5.75 Å². The summed E-state index contributed by atoms with van der Waals surface area (Å²) in [5.41, 5.74) is 2.60. The second kappa shape index (κ2) is 6.49. The van der Waals surface area contributed by atoms with Crippen LogP contribution in [0.3, 0.4) is 0 Å². The lowest BCUT2D eigenvalue weighted by Crippen LogP contribution is -2.43. The van der Waals surface area contributed by atoms with E-state index in [-0.39, 0.29) is 0 Å². The van der Waals surface area contributed by atoms with Crippen LogP contribution in [-0.2, 0) is 0 Å². The quantitative estimate of drug-likeness (QED) is 0.916. The molecule has 1 saturated heterocycles. The molecular weight excluding hydrogens is 248 g/mol. The number of hydrogen-bond acceptors (Lipinski definition) is 3. The van der Waals surface area contributed by atoms with Crippen molar-refractivity contribution in [3.63, 3.8) is 0 Å². The Morgan fingerprint density at radius 1 is 1.10 bits per heavy atom. The van der Waals surface area contributed by atoms with Gasteiger partial charge in [0, 0.05) is 31.9 Å². The number of nitrogens with one attached hydrogen (secondary N) is 1. The Kier molecular flexibility index (Phi) is 4.46. The second-order valence-electron chi connectivity index (χ2n) is 6.06. The zero-order valence-corrected chi connectivity index (χ0v) is 12.5. The summed E-state index contributed by atoms with van der Waals surface area (Å²) in [6.45, 7) is 6.53. The Morgan fingerprint density at radius 3 is 2.55 bits per heavy atom. The first-order valence-corrected chi connectivity index (χ1v) is 8.06. The van der Waals surface area contributed by atoms with E-state index in [0.29, 0.717) is 6.10 Å². The molecule has 2 fully saturated rings. The average molecular weight is 274 g/mol. The maximum atomic E-state index is 6.20. The molecule has 0 amide bonds. The number of benzene rings is 1. The van der Waals surface area contributed by atoms with Crippen LogP contribution >= 0.6 is 0 Å². The van der Waals surface area contributed by atoms with Crippen molar-refractivity contribution in [3.05, 3.63) is 23.8 Å². The molecule has 1 aliphatic heterocycles. The second-order valence-corrected chi connectivity index (χ2v) is 6.06. The molecule has 1 aromatic rings. The molecule has 0 aromatic heterocycles.